The fourth-order valence-corrected chi connectivity index (χ4v) is 1.85. The molecule has 1 nitrogen and oxygen atoms in total. The van der Waals surface area contributed by atoms with Gasteiger partial charge in [0.2, 0.25) is 0 Å². The van der Waals surface area contributed by atoms with E-state index in [1.54, 1.807) is 0 Å². The highest BCUT2D eigenvalue weighted by Gasteiger charge is 2.19. The van der Waals surface area contributed by atoms with Crippen LogP contribution in [0.3, 0.4) is 0 Å². The van der Waals surface area contributed by atoms with Gasteiger partial charge in [-0.1, -0.05) is 36.9 Å². The van der Waals surface area contributed by atoms with Gasteiger partial charge in [-0.15, -0.1) is 0 Å². The second kappa shape index (κ2) is 4.43. The summed E-state index contributed by atoms with van der Waals surface area (Å²) in [6.45, 7) is 4.74. The maximum atomic E-state index is 5.80. The topological polar surface area (TPSA) is 9.23 Å². The van der Waals surface area contributed by atoms with Crippen LogP contribution in [0.1, 0.15) is 24.8 Å². The van der Waals surface area contributed by atoms with Crippen molar-refractivity contribution in [2.45, 2.75) is 32.0 Å². The lowest BCUT2D eigenvalue weighted by Crippen LogP contribution is -2.09. The zero-order valence-corrected chi connectivity index (χ0v) is 8.41. The van der Waals surface area contributed by atoms with Gasteiger partial charge < -0.3 is 4.74 Å². The molecular weight excluding hydrogens is 172 g/mol. The van der Waals surface area contributed by atoms with Crippen LogP contribution in [0.2, 0.25) is 0 Å². The predicted molar refractivity (Wildman–Crippen MR) is 58.0 cm³/mol. The van der Waals surface area contributed by atoms with Crippen molar-refractivity contribution in [3.05, 3.63) is 48.0 Å². The number of rotatable bonds is 3. The Hall–Kier alpha value is -1.08. The Morgan fingerprint density at radius 2 is 2.07 bits per heavy atom. The van der Waals surface area contributed by atoms with Crippen LogP contribution >= 0.6 is 0 Å². The number of hydrogen-bond donors (Lipinski definition) is 0. The molecule has 1 aromatic carbocycles. The number of benzene rings is 1. The molecule has 0 aliphatic heterocycles. The van der Waals surface area contributed by atoms with Crippen LogP contribution in [0.5, 0.6) is 0 Å². The number of ether oxygens (including phenoxy) is 1. The third kappa shape index (κ3) is 2.24. The molecule has 0 N–H and O–H groups in total. The Balaban J connectivity index is 1.85. The number of hydrogen-bond acceptors (Lipinski definition) is 1. The minimum absolute atomic E-state index is 0.301. The molecule has 1 aliphatic carbocycles. The fourth-order valence-electron chi connectivity index (χ4n) is 1.85. The van der Waals surface area contributed by atoms with Gasteiger partial charge in [0.25, 0.3) is 0 Å². The van der Waals surface area contributed by atoms with Crippen molar-refractivity contribution in [3.63, 3.8) is 0 Å². The quantitative estimate of drug-likeness (QED) is 0.661. The predicted octanol–water partition coefficient (Wildman–Crippen LogP) is 3.31. The molecule has 0 heterocycles. The van der Waals surface area contributed by atoms with Crippen LogP contribution in [0, 0.1) is 0 Å². The monoisotopic (exact) mass is 188 g/mol. The average Bonchev–Trinajstić information content (AvgIpc) is 2.63. The van der Waals surface area contributed by atoms with Gasteiger partial charge in [-0.3, -0.25) is 0 Å². The Labute approximate surface area is 85.4 Å². The van der Waals surface area contributed by atoms with Crippen LogP contribution in [0.15, 0.2) is 42.5 Å². The van der Waals surface area contributed by atoms with Gasteiger partial charge in [0.15, 0.2) is 0 Å². The summed E-state index contributed by atoms with van der Waals surface area (Å²) in [5.41, 5.74) is 2.51. The van der Waals surface area contributed by atoms with Crippen molar-refractivity contribution in [2.24, 2.45) is 0 Å². The summed E-state index contributed by atoms with van der Waals surface area (Å²) in [7, 11) is 0. The Bertz CT molecular complexity index is 302. The van der Waals surface area contributed by atoms with Gasteiger partial charge in [0.05, 0.1) is 12.7 Å². The molecule has 14 heavy (non-hydrogen) atoms. The fraction of sp³-hybridized carbons (Fsp3) is 0.385. The van der Waals surface area contributed by atoms with Crippen molar-refractivity contribution in [2.75, 3.05) is 0 Å². The molecule has 0 bridgehead atoms. The van der Waals surface area contributed by atoms with E-state index in [0.29, 0.717) is 12.7 Å². The van der Waals surface area contributed by atoms with Crippen molar-refractivity contribution >= 4 is 0 Å². The van der Waals surface area contributed by atoms with Gasteiger partial charge in [-0.05, 0) is 30.4 Å². The van der Waals surface area contributed by atoms with E-state index in [1.807, 2.05) is 18.2 Å². The minimum Gasteiger partial charge on any atom is -0.369 e. The second-order valence-electron chi connectivity index (χ2n) is 3.84. The van der Waals surface area contributed by atoms with Crippen molar-refractivity contribution < 1.29 is 4.74 Å². The summed E-state index contributed by atoms with van der Waals surface area (Å²) in [4.78, 5) is 0. The van der Waals surface area contributed by atoms with E-state index in [0.717, 1.165) is 12.8 Å². The van der Waals surface area contributed by atoms with E-state index < -0.39 is 0 Å². The highest BCUT2D eigenvalue weighted by molar-refractivity contribution is 5.14. The zero-order chi connectivity index (χ0) is 9.80. The Morgan fingerprint density at radius 3 is 2.71 bits per heavy atom. The largest absolute Gasteiger partial charge is 0.369 e. The van der Waals surface area contributed by atoms with E-state index in [2.05, 4.69) is 18.7 Å². The molecule has 0 radical (unpaired) electrons. The van der Waals surface area contributed by atoms with Crippen LogP contribution in [-0.4, -0.2) is 6.10 Å². The SMILES string of the molecule is C=C1CCCC1OCc1ccccc1. The Morgan fingerprint density at radius 1 is 1.29 bits per heavy atom. The minimum atomic E-state index is 0.301. The lowest BCUT2D eigenvalue weighted by atomic mass is 10.2. The van der Waals surface area contributed by atoms with E-state index in [9.17, 15) is 0 Å². The molecule has 0 spiro atoms. The third-order valence-corrected chi connectivity index (χ3v) is 2.71. The van der Waals surface area contributed by atoms with Crippen LogP contribution < -0.4 is 0 Å². The highest BCUT2D eigenvalue weighted by atomic mass is 16.5. The summed E-state index contributed by atoms with van der Waals surface area (Å²) in [6, 6.07) is 10.3. The standard InChI is InChI=1S/C13H16O/c1-11-6-5-9-13(11)14-10-12-7-3-2-4-8-12/h2-4,7-8,13H,1,5-6,9-10H2. The first-order valence-electron chi connectivity index (χ1n) is 5.19. The maximum absolute atomic E-state index is 5.80. The van der Waals surface area contributed by atoms with Gasteiger partial charge in [0, 0.05) is 0 Å². The smallest absolute Gasteiger partial charge is 0.0787 e. The molecule has 1 aliphatic rings. The van der Waals surface area contributed by atoms with Gasteiger partial charge in [-0.2, -0.15) is 0 Å². The normalized spacial score (nSPS) is 21.4. The molecule has 1 unspecified atom stereocenters. The maximum Gasteiger partial charge on any atom is 0.0787 e. The van der Waals surface area contributed by atoms with Crippen LogP contribution in [0.25, 0.3) is 0 Å². The molecular formula is C13H16O. The molecule has 0 amide bonds. The zero-order valence-electron chi connectivity index (χ0n) is 8.41. The summed E-state index contributed by atoms with van der Waals surface area (Å²) in [5, 5.41) is 0. The van der Waals surface area contributed by atoms with E-state index >= 15 is 0 Å². The molecule has 74 valence electrons. The van der Waals surface area contributed by atoms with Crippen LogP contribution in [0.4, 0.5) is 0 Å². The van der Waals surface area contributed by atoms with Crippen molar-refractivity contribution in [1.82, 2.24) is 0 Å². The summed E-state index contributed by atoms with van der Waals surface area (Å²) < 4.78 is 5.80. The van der Waals surface area contributed by atoms with E-state index in [1.165, 1.54) is 17.6 Å². The molecule has 1 saturated carbocycles. The first-order valence-corrected chi connectivity index (χ1v) is 5.19. The van der Waals surface area contributed by atoms with E-state index in [4.69, 9.17) is 4.74 Å². The lowest BCUT2D eigenvalue weighted by Gasteiger charge is -2.12. The molecule has 2 rings (SSSR count). The lowest BCUT2D eigenvalue weighted by molar-refractivity contribution is 0.0688. The highest BCUT2D eigenvalue weighted by Crippen LogP contribution is 2.26. The molecule has 0 aromatic heterocycles. The van der Waals surface area contributed by atoms with Gasteiger partial charge >= 0.3 is 0 Å². The van der Waals surface area contributed by atoms with Crippen molar-refractivity contribution in [3.8, 4) is 0 Å². The average molecular weight is 188 g/mol. The van der Waals surface area contributed by atoms with Crippen LogP contribution in [-0.2, 0) is 11.3 Å². The molecule has 1 fully saturated rings. The van der Waals surface area contributed by atoms with Gasteiger partial charge in [-0.25, -0.2) is 0 Å². The molecule has 0 saturated heterocycles. The first-order chi connectivity index (χ1) is 6.86. The summed E-state index contributed by atoms with van der Waals surface area (Å²) >= 11 is 0. The first kappa shape index (κ1) is 9.47. The molecule has 1 atom stereocenters. The molecule has 1 aromatic rings. The third-order valence-electron chi connectivity index (χ3n) is 2.71. The molecule has 1 heteroatoms. The Kier molecular flexibility index (Phi) is 3.00. The van der Waals surface area contributed by atoms with Gasteiger partial charge in [0.1, 0.15) is 0 Å². The summed E-state index contributed by atoms with van der Waals surface area (Å²) in [6.07, 6.45) is 3.82. The van der Waals surface area contributed by atoms with E-state index in [-0.39, 0.29) is 0 Å². The summed E-state index contributed by atoms with van der Waals surface area (Å²) in [5.74, 6) is 0. The van der Waals surface area contributed by atoms with Crippen molar-refractivity contribution in [1.29, 1.82) is 0 Å². The second-order valence-corrected chi connectivity index (χ2v) is 3.84.